The third kappa shape index (κ3) is 4.00. The first-order chi connectivity index (χ1) is 13.3. The molecule has 0 aliphatic rings. The van der Waals surface area contributed by atoms with Crippen LogP contribution in [0.15, 0.2) is 57.9 Å². The summed E-state index contributed by atoms with van der Waals surface area (Å²) < 4.78 is 55.9. The van der Waals surface area contributed by atoms with Crippen LogP contribution in [0, 0.1) is 0 Å². The number of hydrogen-bond acceptors (Lipinski definition) is 5. The third-order valence-corrected chi connectivity index (χ3v) is 3.90. The van der Waals surface area contributed by atoms with E-state index in [1.54, 1.807) is 37.3 Å². The second-order valence-electron chi connectivity index (χ2n) is 5.78. The van der Waals surface area contributed by atoms with Gasteiger partial charge < -0.3 is 13.9 Å². The number of hydrogen-bond donors (Lipinski definition) is 0. The lowest BCUT2D eigenvalue weighted by Gasteiger charge is -2.13. The van der Waals surface area contributed by atoms with Crippen LogP contribution in [0.1, 0.15) is 12.5 Å². The minimum absolute atomic E-state index is 0.0128. The Kier molecular flexibility index (Phi) is 5.39. The van der Waals surface area contributed by atoms with Crippen molar-refractivity contribution in [3.8, 4) is 16.9 Å². The van der Waals surface area contributed by atoms with Crippen LogP contribution >= 0.6 is 0 Å². The van der Waals surface area contributed by atoms with Gasteiger partial charge in [0.25, 0.3) is 0 Å². The normalized spacial score (nSPS) is 11.4. The predicted octanol–water partition coefficient (Wildman–Crippen LogP) is 4.42. The molecule has 0 aliphatic carbocycles. The van der Waals surface area contributed by atoms with Crippen molar-refractivity contribution in [2.75, 3.05) is 13.2 Å². The number of halogens is 3. The molecule has 5 nitrogen and oxygen atoms in total. The van der Waals surface area contributed by atoms with Crippen molar-refractivity contribution in [2.24, 2.45) is 0 Å². The van der Waals surface area contributed by atoms with Gasteiger partial charge in [0.05, 0.1) is 23.1 Å². The van der Waals surface area contributed by atoms with Gasteiger partial charge in [-0.1, -0.05) is 30.3 Å². The molecule has 0 unspecified atom stereocenters. The highest BCUT2D eigenvalue weighted by Crippen LogP contribution is 2.37. The molecular weight excluding hydrogens is 377 g/mol. The molecule has 0 bridgehead atoms. The molecule has 0 saturated heterocycles. The van der Waals surface area contributed by atoms with Crippen molar-refractivity contribution < 1.29 is 31.9 Å². The van der Waals surface area contributed by atoms with Crippen LogP contribution in [-0.4, -0.2) is 19.2 Å². The summed E-state index contributed by atoms with van der Waals surface area (Å²) in [5.41, 5.74) is -1.85. The lowest BCUT2D eigenvalue weighted by molar-refractivity contribution is -0.145. The van der Waals surface area contributed by atoms with Crippen LogP contribution in [-0.2, 0) is 15.7 Å². The quantitative estimate of drug-likeness (QED) is 0.602. The molecule has 146 valence electrons. The molecule has 1 heterocycles. The zero-order chi connectivity index (χ0) is 20.3. The molecular formula is C20H15F3O5. The van der Waals surface area contributed by atoms with Crippen LogP contribution in [0.25, 0.3) is 22.1 Å². The molecule has 1 aromatic heterocycles. The number of carbonyl (C=O) groups is 1. The van der Waals surface area contributed by atoms with Gasteiger partial charge in [0, 0.05) is 6.07 Å². The molecule has 2 aromatic carbocycles. The third-order valence-electron chi connectivity index (χ3n) is 3.90. The van der Waals surface area contributed by atoms with E-state index in [0.29, 0.717) is 11.6 Å². The highest BCUT2D eigenvalue weighted by molar-refractivity contribution is 5.86. The molecule has 3 rings (SSSR count). The Hall–Kier alpha value is -3.29. The number of fused-ring (bicyclic) bond motifs is 1. The molecule has 0 saturated carbocycles. The fourth-order valence-electron chi connectivity index (χ4n) is 2.70. The number of esters is 1. The van der Waals surface area contributed by atoms with Crippen LogP contribution < -0.4 is 10.2 Å². The number of rotatable bonds is 5. The molecule has 0 fully saturated rings. The first kappa shape index (κ1) is 19.5. The van der Waals surface area contributed by atoms with Gasteiger partial charge in [-0.2, -0.15) is 13.2 Å². The maximum absolute atomic E-state index is 13.6. The van der Waals surface area contributed by atoms with Gasteiger partial charge in [-0.3, -0.25) is 4.79 Å². The fraction of sp³-hybridized carbons (Fsp3) is 0.200. The number of ether oxygens (including phenoxy) is 2. The van der Waals surface area contributed by atoms with Crippen molar-refractivity contribution >= 4 is 16.9 Å². The summed E-state index contributed by atoms with van der Waals surface area (Å²) in [7, 11) is 0. The standard InChI is InChI=1S/C20H15F3O5/c1-2-26-17(24)11-27-13-8-15(20(21,22)23)18-16(9-13)28-10-14(19(18)25)12-6-4-3-5-7-12/h3-10H,2,11H2,1H3. The maximum Gasteiger partial charge on any atom is 0.417 e. The molecule has 28 heavy (non-hydrogen) atoms. The van der Waals surface area contributed by atoms with Gasteiger partial charge in [-0.25, -0.2) is 4.79 Å². The lowest BCUT2D eigenvalue weighted by atomic mass is 10.0. The topological polar surface area (TPSA) is 65.7 Å². The SMILES string of the molecule is CCOC(=O)COc1cc(C(F)(F)F)c2c(=O)c(-c3ccccc3)coc2c1. The Labute approximate surface area is 157 Å². The van der Waals surface area contributed by atoms with Crippen molar-refractivity contribution in [2.45, 2.75) is 13.1 Å². The van der Waals surface area contributed by atoms with Crippen LogP contribution in [0.2, 0.25) is 0 Å². The second-order valence-corrected chi connectivity index (χ2v) is 5.78. The molecule has 3 aromatic rings. The summed E-state index contributed by atoms with van der Waals surface area (Å²) in [6.07, 6.45) is -3.72. The molecule has 0 atom stereocenters. The number of benzene rings is 2. The van der Waals surface area contributed by atoms with E-state index in [1.807, 2.05) is 0 Å². The highest BCUT2D eigenvalue weighted by Gasteiger charge is 2.35. The Morgan fingerprint density at radius 1 is 1.14 bits per heavy atom. The monoisotopic (exact) mass is 392 g/mol. The average molecular weight is 392 g/mol. The van der Waals surface area contributed by atoms with Crippen molar-refractivity contribution in [3.63, 3.8) is 0 Å². The van der Waals surface area contributed by atoms with Crippen molar-refractivity contribution in [3.05, 3.63) is 64.5 Å². The van der Waals surface area contributed by atoms with Crippen molar-refractivity contribution in [1.29, 1.82) is 0 Å². The van der Waals surface area contributed by atoms with E-state index < -0.39 is 35.1 Å². The second kappa shape index (κ2) is 7.75. The summed E-state index contributed by atoms with van der Waals surface area (Å²) >= 11 is 0. The Morgan fingerprint density at radius 2 is 1.86 bits per heavy atom. The summed E-state index contributed by atoms with van der Waals surface area (Å²) in [5.74, 6) is -0.986. The molecule has 0 spiro atoms. The molecule has 8 heteroatoms. The molecule has 0 amide bonds. The zero-order valence-electron chi connectivity index (χ0n) is 14.7. The van der Waals surface area contributed by atoms with Crippen molar-refractivity contribution in [1.82, 2.24) is 0 Å². The zero-order valence-corrected chi connectivity index (χ0v) is 14.7. The number of carbonyl (C=O) groups excluding carboxylic acids is 1. The Balaban J connectivity index is 2.13. The van der Waals surface area contributed by atoms with Gasteiger partial charge in [-0.15, -0.1) is 0 Å². The van der Waals surface area contributed by atoms with E-state index in [4.69, 9.17) is 9.15 Å². The molecule has 0 aliphatic heterocycles. The maximum atomic E-state index is 13.6. The summed E-state index contributed by atoms with van der Waals surface area (Å²) in [4.78, 5) is 24.2. The van der Waals surface area contributed by atoms with E-state index >= 15 is 0 Å². The van der Waals surface area contributed by atoms with Crippen LogP contribution in [0.5, 0.6) is 5.75 Å². The summed E-state index contributed by atoms with van der Waals surface area (Å²) in [6, 6.07) is 10.1. The predicted molar refractivity (Wildman–Crippen MR) is 95.1 cm³/mol. The summed E-state index contributed by atoms with van der Waals surface area (Å²) in [5, 5.41) is -0.600. The largest absolute Gasteiger partial charge is 0.482 e. The minimum atomic E-state index is -4.83. The van der Waals surface area contributed by atoms with Gasteiger partial charge in [0.1, 0.15) is 17.6 Å². The highest BCUT2D eigenvalue weighted by atomic mass is 19.4. The van der Waals surface area contributed by atoms with E-state index in [1.165, 1.54) is 0 Å². The Morgan fingerprint density at radius 3 is 2.50 bits per heavy atom. The molecule has 0 radical (unpaired) electrons. The summed E-state index contributed by atoms with van der Waals surface area (Å²) in [6.45, 7) is 1.14. The average Bonchev–Trinajstić information content (AvgIpc) is 2.66. The van der Waals surface area contributed by atoms with E-state index in [9.17, 15) is 22.8 Å². The first-order valence-electron chi connectivity index (χ1n) is 8.32. The van der Waals surface area contributed by atoms with Gasteiger partial charge in [0.15, 0.2) is 6.61 Å². The van der Waals surface area contributed by atoms with E-state index in [-0.39, 0.29) is 23.5 Å². The van der Waals surface area contributed by atoms with Crippen LogP contribution in [0.4, 0.5) is 13.2 Å². The number of alkyl halides is 3. The minimum Gasteiger partial charge on any atom is -0.482 e. The fourth-order valence-corrected chi connectivity index (χ4v) is 2.70. The van der Waals surface area contributed by atoms with Gasteiger partial charge in [-0.05, 0) is 18.6 Å². The van der Waals surface area contributed by atoms with E-state index in [2.05, 4.69) is 4.74 Å². The van der Waals surface area contributed by atoms with Crippen LogP contribution in [0.3, 0.4) is 0 Å². The smallest absolute Gasteiger partial charge is 0.417 e. The van der Waals surface area contributed by atoms with Gasteiger partial charge >= 0.3 is 12.1 Å². The first-order valence-corrected chi connectivity index (χ1v) is 8.32. The Bertz CT molecular complexity index is 1060. The lowest BCUT2D eigenvalue weighted by Crippen LogP contribution is -2.16. The van der Waals surface area contributed by atoms with Gasteiger partial charge in [0.2, 0.25) is 5.43 Å². The molecule has 0 N–H and O–H groups in total. The van der Waals surface area contributed by atoms with E-state index in [0.717, 1.165) is 12.3 Å².